The summed E-state index contributed by atoms with van der Waals surface area (Å²) in [5.74, 6) is -1.88. The van der Waals surface area contributed by atoms with Crippen molar-refractivity contribution in [3.05, 3.63) is 47.8 Å². The number of hydrogen-bond acceptors (Lipinski definition) is 2. The maximum Gasteiger partial charge on any atom is 0.326 e. The van der Waals surface area contributed by atoms with E-state index in [-0.39, 0.29) is 12.2 Å². The Bertz CT molecular complexity index is 535. The van der Waals surface area contributed by atoms with Crippen LogP contribution in [0.25, 0.3) is 0 Å². The summed E-state index contributed by atoms with van der Waals surface area (Å²) in [6, 6.07) is 4.62. The molecular formula is C16H20FNO3. The van der Waals surface area contributed by atoms with Crippen LogP contribution in [0.3, 0.4) is 0 Å². The molecule has 0 fully saturated rings. The number of allylic oxidation sites excluding steroid dienone is 1. The fourth-order valence-electron chi connectivity index (χ4n) is 1.83. The van der Waals surface area contributed by atoms with E-state index in [2.05, 4.69) is 5.32 Å². The first-order valence-electron chi connectivity index (χ1n) is 6.70. The lowest BCUT2D eigenvalue weighted by Gasteiger charge is -2.26. The van der Waals surface area contributed by atoms with E-state index in [0.717, 1.165) is 0 Å². The van der Waals surface area contributed by atoms with Crippen molar-refractivity contribution in [3.8, 4) is 0 Å². The first kappa shape index (κ1) is 16.9. The van der Waals surface area contributed by atoms with E-state index in [1.165, 1.54) is 24.3 Å². The lowest BCUT2D eigenvalue weighted by molar-refractivity contribution is -0.142. The third kappa shape index (κ3) is 4.41. The van der Waals surface area contributed by atoms with Crippen LogP contribution in [-0.4, -0.2) is 23.0 Å². The van der Waals surface area contributed by atoms with E-state index in [0.29, 0.717) is 5.56 Å². The van der Waals surface area contributed by atoms with Gasteiger partial charge in [0.1, 0.15) is 11.9 Å². The normalized spacial score (nSPS) is 13.1. The van der Waals surface area contributed by atoms with Gasteiger partial charge >= 0.3 is 5.97 Å². The average molecular weight is 293 g/mol. The number of nitrogens with one attached hydrogen (secondary N) is 1. The van der Waals surface area contributed by atoms with Crippen LogP contribution in [0.5, 0.6) is 0 Å². The Kier molecular flexibility index (Phi) is 5.64. The molecular weight excluding hydrogens is 273 g/mol. The van der Waals surface area contributed by atoms with Gasteiger partial charge < -0.3 is 10.4 Å². The molecule has 1 aromatic rings. The summed E-state index contributed by atoms with van der Waals surface area (Å²) in [6.07, 6.45) is 3.63. The molecule has 1 aromatic carbocycles. The molecule has 21 heavy (non-hydrogen) atoms. The van der Waals surface area contributed by atoms with E-state index in [1.54, 1.807) is 32.9 Å². The minimum atomic E-state index is -1.09. The maximum absolute atomic E-state index is 12.9. The van der Waals surface area contributed by atoms with E-state index in [4.69, 9.17) is 5.11 Å². The molecule has 0 bridgehead atoms. The van der Waals surface area contributed by atoms with Gasteiger partial charge in [0.2, 0.25) is 5.91 Å². The molecule has 1 unspecified atom stereocenters. The molecule has 0 spiro atoms. The summed E-state index contributed by atoms with van der Waals surface area (Å²) in [4.78, 5) is 23.5. The SMILES string of the molecule is C/C=C/CC(NC(=O)C(C)(C)c1ccc(F)cc1)C(=O)O. The second kappa shape index (κ2) is 7.02. The molecule has 0 aliphatic rings. The van der Waals surface area contributed by atoms with Gasteiger partial charge in [-0.3, -0.25) is 4.79 Å². The predicted molar refractivity (Wildman–Crippen MR) is 78.4 cm³/mol. The molecule has 1 amide bonds. The van der Waals surface area contributed by atoms with Gasteiger partial charge in [-0.05, 0) is 44.9 Å². The summed E-state index contributed by atoms with van der Waals surface area (Å²) in [5, 5.41) is 11.6. The number of hydrogen-bond donors (Lipinski definition) is 2. The van der Waals surface area contributed by atoms with Crippen molar-refractivity contribution in [2.45, 2.75) is 38.6 Å². The lowest BCUT2D eigenvalue weighted by Crippen LogP contribution is -2.48. The van der Waals surface area contributed by atoms with Crippen LogP contribution in [0.2, 0.25) is 0 Å². The minimum absolute atomic E-state index is 0.219. The topological polar surface area (TPSA) is 66.4 Å². The van der Waals surface area contributed by atoms with Crippen molar-refractivity contribution in [1.29, 1.82) is 0 Å². The molecule has 1 atom stereocenters. The van der Waals surface area contributed by atoms with Gasteiger partial charge in [0.05, 0.1) is 5.41 Å². The second-order valence-electron chi connectivity index (χ2n) is 5.30. The molecule has 1 rings (SSSR count). The highest BCUT2D eigenvalue weighted by molar-refractivity contribution is 5.90. The van der Waals surface area contributed by atoms with Gasteiger partial charge in [0, 0.05) is 0 Å². The zero-order valence-corrected chi connectivity index (χ0v) is 12.4. The molecule has 2 N–H and O–H groups in total. The zero-order chi connectivity index (χ0) is 16.0. The van der Waals surface area contributed by atoms with E-state index in [1.807, 2.05) is 0 Å². The smallest absolute Gasteiger partial charge is 0.326 e. The molecule has 0 saturated carbocycles. The summed E-state index contributed by atoms with van der Waals surface area (Å²) in [6.45, 7) is 5.12. The molecule has 0 aliphatic carbocycles. The van der Waals surface area contributed by atoms with Crippen molar-refractivity contribution in [2.75, 3.05) is 0 Å². The maximum atomic E-state index is 12.9. The molecule has 0 aromatic heterocycles. The van der Waals surface area contributed by atoms with Crippen molar-refractivity contribution in [1.82, 2.24) is 5.32 Å². The lowest BCUT2D eigenvalue weighted by atomic mass is 9.83. The zero-order valence-electron chi connectivity index (χ0n) is 12.4. The summed E-state index contributed by atoms with van der Waals surface area (Å²) >= 11 is 0. The Labute approximate surface area is 123 Å². The number of aliphatic carboxylic acids is 1. The Morgan fingerprint density at radius 1 is 1.33 bits per heavy atom. The van der Waals surface area contributed by atoms with Crippen LogP contribution in [0, 0.1) is 5.82 Å². The van der Waals surface area contributed by atoms with E-state index in [9.17, 15) is 14.0 Å². The van der Waals surface area contributed by atoms with Gasteiger partial charge in [-0.25, -0.2) is 9.18 Å². The highest BCUT2D eigenvalue weighted by atomic mass is 19.1. The van der Waals surface area contributed by atoms with Gasteiger partial charge in [-0.1, -0.05) is 24.3 Å². The van der Waals surface area contributed by atoms with E-state index < -0.39 is 23.3 Å². The standard InChI is InChI=1S/C16H20FNO3/c1-4-5-6-13(14(19)20)18-15(21)16(2,3)11-7-9-12(17)10-8-11/h4-5,7-10,13H,6H2,1-3H3,(H,18,21)(H,19,20)/b5-4+. The monoisotopic (exact) mass is 293 g/mol. The molecule has 5 heteroatoms. The Morgan fingerprint density at radius 2 is 1.90 bits per heavy atom. The molecule has 0 saturated heterocycles. The summed E-state index contributed by atoms with van der Waals surface area (Å²) in [7, 11) is 0. The van der Waals surface area contributed by atoms with Crippen LogP contribution in [0.1, 0.15) is 32.8 Å². The molecule has 0 radical (unpaired) electrons. The van der Waals surface area contributed by atoms with Gasteiger partial charge in [0.15, 0.2) is 0 Å². The highest BCUT2D eigenvalue weighted by Gasteiger charge is 2.32. The molecule has 0 heterocycles. The number of benzene rings is 1. The van der Waals surface area contributed by atoms with Crippen LogP contribution in [0.4, 0.5) is 4.39 Å². The number of halogens is 1. The Balaban J connectivity index is 2.89. The van der Waals surface area contributed by atoms with Crippen molar-refractivity contribution < 1.29 is 19.1 Å². The number of rotatable bonds is 6. The van der Waals surface area contributed by atoms with Crippen LogP contribution < -0.4 is 5.32 Å². The Hall–Kier alpha value is -2.17. The number of carboxylic acid groups (broad SMARTS) is 1. The van der Waals surface area contributed by atoms with Crippen molar-refractivity contribution >= 4 is 11.9 Å². The first-order valence-corrected chi connectivity index (χ1v) is 6.70. The van der Waals surface area contributed by atoms with E-state index >= 15 is 0 Å². The fraction of sp³-hybridized carbons (Fsp3) is 0.375. The molecule has 114 valence electrons. The number of carboxylic acids is 1. The second-order valence-corrected chi connectivity index (χ2v) is 5.30. The van der Waals surface area contributed by atoms with Crippen molar-refractivity contribution in [3.63, 3.8) is 0 Å². The molecule has 4 nitrogen and oxygen atoms in total. The van der Waals surface area contributed by atoms with Gasteiger partial charge in [-0.15, -0.1) is 0 Å². The average Bonchev–Trinajstić information content (AvgIpc) is 2.43. The van der Waals surface area contributed by atoms with Crippen LogP contribution in [-0.2, 0) is 15.0 Å². The third-order valence-corrected chi connectivity index (χ3v) is 3.34. The van der Waals surface area contributed by atoms with Gasteiger partial charge in [0.25, 0.3) is 0 Å². The minimum Gasteiger partial charge on any atom is -0.480 e. The highest BCUT2D eigenvalue weighted by Crippen LogP contribution is 2.24. The quantitative estimate of drug-likeness (QED) is 0.792. The number of carbonyl (C=O) groups excluding carboxylic acids is 1. The number of carbonyl (C=O) groups is 2. The third-order valence-electron chi connectivity index (χ3n) is 3.34. The fourth-order valence-corrected chi connectivity index (χ4v) is 1.83. The first-order chi connectivity index (χ1) is 9.78. The Morgan fingerprint density at radius 3 is 2.38 bits per heavy atom. The van der Waals surface area contributed by atoms with Crippen molar-refractivity contribution in [2.24, 2.45) is 0 Å². The number of amides is 1. The van der Waals surface area contributed by atoms with Crippen LogP contribution in [0.15, 0.2) is 36.4 Å². The van der Waals surface area contributed by atoms with Crippen LogP contribution >= 0.6 is 0 Å². The predicted octanol–water partition coefficient (Wildman–Crippen LogP) is 2.64. The summed E-state index contributed by atoms with van der Waals surface area (Å²) < 4.78 is 12.9. The van der Waals surface area contributed by atoms with Gasteiger partial charge in [-0.2, -0.15) is 0 Å². The largest absolute Gasteiger partial charge is 0.480 e. The molecule has 0 aliphatic heterocycles. The summed E-state index contributed by atoms with van der Waals surface area (Å²) in [5.41, 5.74) is -0.325.